The number of nitrogen functional groups attached to an aromatic ring is 1. The van der Waals surface area contributed by atoms with Crippen molar-refractivity contribution in [2.75, 3.05) is 25.4 Å². The van der Waals surface area contributed by atoms with Crippen molar-refractivity contribution in [3.63, 3.8) is 0 Å². The van der Waals surface area contributed by atoms with Gasteiger partial charge >= 0.3 is 0 Å². The van der Waals surface area contributed by atoms with Crippen LogP contribution < -0.4 is 5.73 Å². The molecule has 0 radical (unpaired) electrons. The Kier molecular flexibility index (Phi) is 3.97. The molecule has 3 N–H and O–H groups in total. The fourth-order valence-corrected chi connectivity index (χ4v) is 2.45. The maximum Gasteiger partial charge on any atom is 0.128 e. The SMILES string of the molecule is Cc1ccc(CN2CCC(CCO)C2)c(N)n1. The zero-order valence-corrected chi connectivity index (χ0v) is 10.4. The smallest absolute Gasteiger partial charge is 0.128 e. The van der Waals surface area contributed by atoms with Crippen LogP contribution >= 0.6 is 0 Å². The Balaban J connectivity index is 1.93. The second-order valence-corrected chi connectivity index (χ2v) is 4.90. The number of aliphatic hydroxyl groups excluding tert-OH is 1. The number of hydrogen-bond donors (Lipinski definition) is 2. The second-order valence-electron chi connectivity index (χ2n) is 4.90. The molecule has 4 nitrogen and oxygen atoms in total. The van der Waals surface area contributed by atoms with Crippen LogP contribution in [0.25, 0.3) is 0 Å². The number of aryl methyl sites for hydroxylation is 1. The lowest BCUT2D eigenvalue weighted by Gasteiger charge is -2.16. The van der Waals surface area contributed by atoms with E-state index in [1.165, 1.54) is 6.42 Å². The summed E-state index contributed by atoms with van der Waals surface area (Å²) < 4.78 is 0. The van der Waals surface area contributed by atoms with E-state index in [4.69, 9.17) is 10.8 Å². The largest absolute Gasteiger partial charge is 0.396 e. The molecule has 94 valence electrons. The minimum atomic E-state index is 0.298. The molecule has 1 fully saturated rings. The van der Waals surface area contributed by atoms with Gasteiger partial charge in [0, 0.05) is 31.0 Å². The summed E-state index contributed by atoms with van der Waals surface area (Å²) in [5, 5.41) is 8.93. The highest BCUT2D eigenvalue weighted by Gasteiger charge is 2.22. The molecule has 4 heteroatoms. The van der Waals surface area contributed by atoms with Crippen molar-refractivity contribution in [1.29, 1.82) is 0 Å². The maximum atomic E-state index is 8.93. The normalized spacial score (nSPS) is 20.9. The van der Waals surface area contributed by atoms with Crippen molar-refractivity contribution in [3.05, 3.63) is 23.4 Å². The fraction of sp³-hybridized carbons (Fsp3) is 0.615. The summed E-state index contributed by atoms with van der Waals surface area (Å²) in [6.07, 6.45) is 2.10. The molecule has 0 saturated carbocycles. The minimum absolute atomic E-state index is 0.298. The van der Waals surface area contributed by atoms with Gasteiger partial charge in [0.2, 0.25) is 0 Å². The number of anilines is 1. The molecule has 2 heterocycles. The third-order valence-corrected chi connectivity index (χ3v) is 3.45. The average molecular weight is 235 g/mol. The Morgan fingerprint density at radius 3 is 3.06 bits per heavy atom. The van der Waals surface area contributed by atoms with Crippen molar-refractivity contribution in [1.82, 2.24) is 9.88 Å². The number of hydrogen-bond acceptors (Lipinski definition) is 4. The van der Waals surface area contributed by atoms with Crippen LogP contribution in [0.3, 0.4) is 0 Å². The monoisotopic (exact) mass is 235 g/mol. The van der Waals surface area contributed by atoms with E-state index in [2.05, 4.69) is 16.0 Å². The predicted octanol–water partition coefficient (Wildman–Crippen LogP) is 1.18. The zero-order chi connectivity index (χ0) is 12.3. The van der Waals surface area contributed by atoms with Crippen molar-refractivity contribution >= 4 is 5.82 Å². The van der Waals surface area contributed by atoms with Crippen LogP contribution in [0.4, 0.5) is 5.82 Å². The highest BCUT2D eigenvalue weighted by molar-refractivity contribution is 5.40. The zero-order valence-electron chi connectivity index (χ0n) is 10.4. The highest BCUT2D eigenvalue weighted by Crippen LogP contribution is 2.22. The molecule has 1 aromatic rings. The van der Waals surface area contributed by atoms with Crippen LogP contribution in [0.2, 0.25) is 0 Å². The molecule has 1 aliphatic heterocycles. The number of nitrogens with zero attached hydrogens (tertiary/aromatic N) is 2. The van der Waals surface area contributed by atoms with Crippen molar-refractivity contribution in [2.24, 2.45) is 5.92 Å². The lowest BCUT2D eigenvalue weighted by atomic mass is 10.1. The molecule has 1 atom stereocenters. The predicted molar refractivity (Wildman–Crippen MR) is 68.5 cm³/mol. The van der Waals surface area contributed by atoms with E-state index in [0.717, 1.165) is 37.3 Å². The highest BCUT2D eigenvalue weighted by atomic mass is 16.3. The number of likely N-dealkylation sites (tertiary alicyclic amines) is 1. The quantitative estimate of drug-likeness (QED) is 0.822. The lowest BCUT2D eigenvalue weighted by Crippen LogP contribution is -2.21. The Bertz CT molecular complexity index is 381. The topological polar surface area (TPSA) is 62.4 Å². The van der Waals surface area contributed by atoms with E-state index in [1.54, 1.807) is 0 Å². The van der Waals surface area contributed by atoms with E-state index in [-0.39, 0.29) is 0 Å². The van der Waals surface area contributed by atoms with Gasteiger partial charge in [-0.25, -0.2) is 4.98 Å². The first-order chi connectivity index (χ1) is 8.19. The Hall–Kier alpha value is -1.13. The second kappa shape index (κ2) is 5.47. The van der Waals surface area contributed by atoms with Crippen LogP contribution in [0, 0.1) is 12.8 Å². The summed E-state index contributed by atoms with van der Waals surface area (Å²) in [7, 11) is 0. The molecule has 2 rings (SSSR count). The summed E-state index contributed by atoms with van der Waals surface area (Å²) in [5.74, 6) is 1.29. The van der Waals surface area contributed by atoms with Gasteiger partial charge < -0.3 is 10.8 Å². The first kappa shape index (κ1) is 12.3. The third-order valence-electron chi connectivity index (χ3n) is 3.45. The van der Waals surface area contributed by atoms with Gasteiger partial charge in [-0.05, 0) is 38.3 Å². The maximum absolute atomic E-state index is 8.93. The number of nitrogens with two attached hydrogens (primary N) is 1. The molecule has 1 unspecified atom stereocenters. The van der Waals surface area contributed by atoms with Crippen LogP contribution in [-0.2, 0) is 6.54 Å². The number of aromatic nitrogens is 1. The molecule has 0 amide bonds. The molecule has 0 aromatic carbocycles. The van der Waals surface area contributed by atoms with Crippen LogP contribution in [0.5, 0.6) is 0 Å². The first-order valence-electron chi connectivity index (χ1n) is 6.24. The van der Waals surface area contributed by atoms with Gasteiger partial charge in [0.25, 0.3) is 0 Å². The van der Waals surface area contributed by atoms with Crippen LogP contribution in [0.15, 0.2) is 12.1 Å². The molecule has 17 heavy (non-hydrogen) atoms. The summed E-state index contributed by atoms with van der Waals surface area (Å²) >= 11 is 0. The van der Waals surface area contributed by atoms with E-state index in [9.17, 15) is 0 Å². The van der Waals surface area contributed by atoms with E-state index >= 15 is 0 Å². The molecule has 0 aliphatic carbocycles. The molecular formula is C13H21N3O. The molecule has 1 aliphatic rings. The first-order valence-corrected chi connectivity index (χ1v) is 6.24. The Labute approximate surface area is 102 Å². The third kappa shape index (κ3) is 3.17. The molecule has 1 saturated heterocycles. The number of pyridine rings is 1. The molecule has 0 spiro atoms. The van der Waals surface area contributed by atoms with Crippen molar-refractivity contribution in [2.45, 2.75) is 26.3 Å². The standard InChI is InChI=1S/C13H21N3O/c1-10-2-3-12(13(14)15-10)9-16-6-4-11(8-16)5-7-17/h2-3,11,17H,4-9H2,1H3,(H2,14,15). The summed E-state index contributed by atoms with van der Waals surface area (Å²) in [6, 6.07) is 4.07. The van der Waals surface area contributed by atoms with Crippen LogP contribution in [0.1, 0.15) is 24.1 Å². The fourth-order valence-electron chi connectivity index (χ4n) is 2.45. The lowest BCUT2D eigenvalue weighted by molar-refractivity contribution is 0.249. The van der Waals surface area contributed by atoms with Gasteiger partial charge in [-0.2, -0.15) is 0 Å². The Morgan fingerprint density at radius 1 is 1.53 bits per heavy atom. The summed E-state index contributed by atoms with van der Waals surface area (Å²) in [4.78, 5) is 6.67. The Morgan fingerprint density at radius 2 is 2.35 bits per heavy atom. The molecule has 0 bridgehead atoms. The van der Waals surface area contributed by atoms with E-state index in [0.29, 0.717) is 18.3 Å². The van der Waals surface area contributed by atoms with E-state index < -0.39 is 0 Å². The van der Waals surface area contributed by atoms with Gasteiger partial charge in [0.15, 0.2) is 0 Å². The van der Waals surface area contributed by atoms with Gasteiger partial charge in [-0.1, -0.05) is 6.07 Å². The minimum Gasteiger partial charge on any atom is -0.396 e. The van der Waals surface area contributed by atoms with Gasteiger partial charge in [0.05, 0.1) is 0 Å². The molecular weight excluding hydrogens is 214 g/mol. The van der Waals surface area contributed by atoms with Gasteiger partial charge in [-0.15, -0.1) is 0 Å². The van der Waals surface area contributed by atoms with Crippen molar-refractivity contribution in [3.8, 4) is 0 Å². The number of rotatable bonds is 4. The molecule has 1 aromatic heterocycles. The number of aliphatic hydroxyl groups is 1. The van der Waals surface area contributed by atoms with Crippen molar-refractivity contribution < 1.29 is 5.11 Å². The van der Waals surface area contributed by atoms with Gasteiger partial charge in [0.1, 0.15) is 5.82 Å². The van der Waals surface area contributed by atoms with Crippen LogP contribution in [-0.4, -0.2) is 34.7 Å². The average Bonchev–Trinajstić information content (AvgIpc) is 2.71. The van der Waals surface area contributed by atoms with E-state index in [1.807, 2.05) is 13.0 Å². The summed E-state index contributed by atoms with van der Waals surface area (Å²) in [5.41, 5.74) is 7.99. The van der Waals surface area contributed by atoms with Gasteiger partial charge in [-0.3, -0.25) is 4.90 Å². The summed E-state index contributed by atoms with van der Waals surface area (Å²) in [6.45, 7) is 5.28.